The Morgan fingerprint density at radius 1 is 1.27 bits per heavy atom. The molecule has 1 saturated heterocycles. The Morgan fingerprint density at radius 3 is 2.80 bits per heavy atom. The van der Waals surface area contributed by atoms with E-state index in [4.69, 9.17) is 0 Å². The minimum absolute atomic E-state index is 0.188. The van der Waals surface area contributed by atoms with Crippen LogP contribution in [0.1, 0.15) is 12.8 Å². The van der Waals surface area contributed by atoms with Gasteiger partial charge in [-0.3, -0.25) is 19.0 Å². The van der Waals surface area contributed by atoms with Crippen molar-refractivity contribution in [3.63, 3.8) is 0 Å². The molecule has 1 N–H and O–H groups in total. The van der Waals surface area contributed by atoms with Crippen molar-refractivity contribution in [2.75, 3.05) is 18.4 Å². The molecule has 0 aliphatic carbocycles. The topological polar surface area (TPSA) is 124 Å². The van der Waals surface area contributed by atoms with Crippen LogP contribution in [0.3, 0.4) is 0 Å². The third kappa shape index (κ3) is 3.54. The SMILES string of the molecule is Cn1cnc2c1c(=O)n(CC(=O)N1CCCC(C(=O)Nc3nccs3)C1)c(=O)n2C. The minimum atomic E-state index is -0.602. The average Bonchev–Trinajstić information content (AvgIpc) is 3.39. The van der Waals surface area contributed by atoms with Gasteiger partial charge in [-0.15, -0.1) is 11.3 Å². The van der Waals surface area contributed by atoms with Crippen LogP contribution in [0.25, 0.3) is 11.2 Å². The fourth-order valence-electron chi connectivity index (χ4n) is 3.68. The molecule has 2 amide bonds. The summed E-state index contributed by atoms with van der Waals surface area (Å²) in [5.41, 5.74) is -0.636. The third-order valence-corrected chi connectivity index (χ3v) is 5.99. The number of carbonyl (C=O) groups is 2. The van der Waals surface area contributed by atoms with E-state index in [2.05, 4.69) is 15.3 Å². The maximum absolute atomic E-state index is 12.9. The standard InChI is InChI=1S/C18H21N7O4S/c1-22-10-20-14-13(22)16(28)25(18(29)23(14)2)9-12(26)24-6-3-4-11(8-24)15(27)21-17-19-5-7-30-17/h5,7,10-11H,3-4,6,8-9H2,1-2H3,(H,19,21,27). The summed E-state index contributed by atoms with van der Waals surface area (Å²) in [6.07, 6.45) is 4.38. The van der Waals surface area contributed by atoms with Crippen molar-refractivity contribution in [3.8, 4) is 0 Å². The highest BCUT2D eigenvalue weighted by molar-refractivity contribution is 7.13. The van der Waals surface area contributed by atoms with Gasteiger partial charge in [0, 0.05) is 38.8 Å². The van der Waals surface area contributed by atoms with E-state index in [1.54, 1.807) is 18.6 Å². The van der Waals surface area contributed by atoms with Crippen molar-refractivity contribution >= 4 is 39.4 Å². The number of imidazole rings is 1. The summed E-state index contributed by atoms with van der Waals surface area (Å²) in [6.45, 7) is 0.329. The van der Waals surface area contributed by atoms with Gasteiger partial charge in [0.2, 0.25) is 11.8 Å². The molecule has 0 bridgehead atoms. The van der Waals surface area contributed by atoms with Crippen LogP contribution in [0.5, 0.6) is 0 Å². The third-order valence-electron chi connectivity index (χ3n) is 5.30. The largest absolute Gasteiger partial charge is 0.340 e. The first-order valence-corrected chi connectivity index (χ1v) is 10.3. The summed E-state index contributed by atoms with van der Waals surface area (Å²) >= 11 is 1.33. The van der Waals surface area contributed by atoms with Crippen LogP contribution >= 0.6 is 11.3 Å². The zero-order valence-corrected chi connectivity index (χ0v) is 17.4. The Balaban J connectivity index is 1.53. The quantitative estimate of drug-likeness (QED) is 0.608. The molecule has 1 aliphatic rings. The summed E-state index contributed by atoms with van der Waals surface area (Å²) in [6, 6.07) is 0. The molecule has 0 spiro atoms. The fraction of sp³-hybridized carbons (Fsp3) is 0.444. The number of aryl methyl sites for hydroxylation is 2. The Hall–Kier alpha value is -3.28. The van der Waals surface area contributed by atoms with E-state index >= 15 is 0 Å². The number of rotatable bonds is 4. The van der Waals surface area contributed by atoms with Crippen molar-refractivity contribution in [2.45, 2.75) is 19.4 Å². The summed E-state index contributed by atoms with van der Waals surface area (Å²) < 4.78 is 3.70. The Bertz CT molecular complexity index is 1220. The number of aromatic nitrogens is 5. The number of hydrogen-bond acceptors (Lipinski definition) is 7. The monoisotopic (exact) mass is 431 g/mol. The molecule has 30 heavy (non-hydrogen) atoms. The number of likely N-dealkylation sites (tertiary alicyclic amines) is 1. The van der Waals surface area contributed by atoms with Crippen LogP contribution in [-0.4, -0.2) is 53.5 Å². The smallest absolute Gasteiger partial charge is 0.332 e. The first-order valence-electron chi connectivity index (χ1n) is 9.45. The number of anilines is 1. The van der Waals surface area contributed by atoms with E-state index in [-0.39, 0.29) is 42.0 Å². The number of nitrogens with zero attached hydrogens (tertiary/aromatic N) is 6. The van der Waals surface area contributed by atoms with Gasteiger partial charge in [0.1, 0.15) is 6.54 Å². The maximum Gasteiger partial charge on any atom is 0.332 e. The lowest BCUT2D eigenvalue weighted by molar-refractivity contribution is -0.135. The molecule has 0 radical (unpaired) electrons. The van der Waals surface area contributed by atoms with E-state index in [0.29, 0.717) is 24.5 Å². The number of carbonyl (C=O) groups excluding carboxylic acids is 2. The Morgan fingerprint density at radius 2 is 2.07 bits per heavy atom. The number of piperidine rings is 1. The molecule has 3 aromatic heterocycles. The zero-order chi connectivity index (χ0) is 21.4. The summed E-state index contributed by atoms with van der Waals surface area (Å²) in [5.74, 6) is -0.931. The molecule has 4 rings (SSSR count). The molecule has 4 heterocycles. The van der Waals surface area contributed by atoms with Gasteiger partial charge in [-0.2, -0.15) is 0 Å². The van der Waals surface area contributed by atoms with Crippen LogP contribution in [0.15, 0.2) is 27.5 Å². The molecule has 12 heteroatoms. The molecule has 1 atom stereocenters. The van der Waals surface area contributed by atoms with E-state index < -0.39 is 11.2 Å². The Labute approximate surface area is 174 Å². The van der Waals surface area contributed by atoms with E-state index in [1.165, 1.54) is 38.7 Å². The van der Waals surface area contributed by atoms with Gasteiger partial charge in [0.25, 0.3) is 5.56 Å². The fourth-order valence-corrected chi connectivity index (χ4v) is 4.21. The second-order valence-corrected chi connectivity index (χ2v) is 8.16. The lowest BCUT2D eigenvalue weighted by Gasteiger charge is -2.32. The van der Waals surface area contributed by atoms with Gasteiger partial charge in [-0.05, 0) is 12.8 Å². The molecule has 158 valence electrons. The molecule has 11 nitrogen and oxygen atoms in total. The molecule has 1 fully saturated rings. The van der Waals surface area contributed by atoms with Gasteiger partial charge in [-0.25, -0.2) is 19.3 Å². The summed E-state index contributed by atoms with van der Waals surface area (Å²) in [5, 5.41) is 5.05. The van der Waals surface area contributed by atoms with Crippen molar-refractivity contribution in [3.05, 3.63) is 38.7 Å². The number of thiazole rings is 1. The first kappa shape index (κ1) is 20.0. The van der Waals surface area contributed by atoms with Gasteiger partial charge in [-0.1, -0.05) is 0 Å². The predicted octanol–water partition coefficient (Wildman–Crippen LogP) is -0.233. The van der Waals surface area contributed by atoms with Gasteiger partial charge >= 0.3 is 5.69 Å². The lowest BCUT2D eigenvalue weighted by Crippen LogP contribution is -2.48. The molecule has 1 unspecified atom stereocenters. The van der Waals surface area contributed by atoms with Crippen LogP contribution < -0.4 is 16.6 Å². The molecule has 0 saturated carbocycles. The maximum atomic E-state index is 12.9. The minimum Gasteiger partial charge on any atom is -0.340 e. The summed E-state index contributed by atoms with van der Waals surface area (Å²) in [4.78, 5) is 60.5. The van der Waals surface area contributed by atoms with E-state index in [9.17, 15) is 19.2 Å². The average molecular weight is 431 g/mol. The molecule has 3 aromatic rings. The lowest BCUT2D eigenvalue weighted by atomic mass is 9.97. The van der Waals surface area contributed by atoms with Crippen molar-refractivity contribution in [2.24, 2.45) is 20.0 Å². The number of amides is 2. The molecular weight excluding hydrogens is 410 g/mol. The van der Waals surface area contributed by atoms with Gasteiger partial charge in [0.15, 0.2) is 16.3 Å². The highest BCUT2D eigenvalue weighted by Gasteiger charge is 2.29. The van der Waals surface area contributed by atoms with Crippen molar-refractivity contribution in [1.82, 2.24) is 28.6 Å². The number of nitrogens with one attached hydrogen (secondary N) is 1. The Kier molecular flexibility index (Phi) is 5.24. The van der Waals surface area contributed by atoms with Gasteiger partial charge in [0.05, 0.1) is 12.2 Å². The number of fused-ring (bicyclic) bond motifs is 1. The van der Waals surface area contributed by atoms with E-state index in [0.717, 1.165) is 4.57 Å². The van der Waals surface area contributed by atoms with Crippen molar-refractivity contribution in [1.29, 1.82) is 0 Å². The van der Waals surface area contributed by atoms with Crippen LogP contribution in [0.2, 0.25) is 0 Å². The highest BCUT2D eigenvalue weighted by Crippen LogP contribution is 2.20. The van der Waals surface area contributed by atoms with E-state index in [1.807, 2.05) is 0 Å². The number of hydrogen-bond donors (Lipinski definition) is 1. The predicted molar refractivity (Wildman–Crippen MR) is 110 cm³/mol. The zero-order valence-electron chi connectivity index (χ0n) is 16.6. The van der Waals surface area contributed by atoms with Gasteiger partial charge < -0.3 is 14.8 Å². The second-order valence-electron chi connectivity index (χ2n) is 7.27. The molecule has 0 aromatic carbocycles. The highest BCUT2D eigenvalue weighted by atomic mass is 32.1. The normalized spacial score (nSPS) is 16.7. The second kappa shape index (κ2) is 7.86. The van der Waals surface area contributed by atoms with Crippen LogP contribution in [-0.2, 0) is 30.2 Å². The van der Waals surface area contributed by atoms with Crippen LogP contribution in [0.4, 0.5) is 5.13 Å². The summed E-state index contributed by atoms with van der Waals surface area (Å²) in [7, 11) is 3.17. The van der Waals surface area contributed by atoms with Crippen molar-refractivity contribution < 1.29 is 9.59 Å². The molecule has 1 aliphatic heterocycles. The van der Waals surface area contributed by atoms with Crippen LogP contribution in [0, 0.1) is 5.92 Å². The first-order chi connectivity index (χ1) is 14.4. The molecular formula is C18H21N7O4S.